The number of carbonyl (C=O) groups excluding carboxylic acids is 1. The Hall–Kier alpha value is -4.53. The van der Waals surface area contributed by atoms with Crippen LogP contribution in [-0.2, 0) is 0 Å². The highest BCUT2D eigenvalue weighted by molar-refractivity contribution is 5.98. The first kappa shape index (κ1) is 24.2. The van der Waals surface area contributed by atoms with Crippen LogP contribution in [0.3, 0.4) is 0 Å². The number of anilines is 1. The van der Waals surface area contributed by atoms with Gasteiger partial charge in [0, 0.05) is 30.8 Å². The number of amides is 2. The van der Waals surface area contributed by atoms with E-state index >= 15 is 4.39 Å². The van der Waals surface area contributed by atoms with Gasteiger partial charge >= 0.3 is 6.03 Å². The number of likely N-dealkylation sites (tertiary alicyclic amines) is 1. The average Bonchev–Trinajstić information content (AvgIpc) is 3.51. The molecule has 1 aliphatic rings. The summed E-state index contributed by atoms with van der Waals surface area (Å²) in [7, 11) is 0. The third-order valence-corrected chi connectivity index (χ3v) is 5.90. The molecule has 4 N–H and O–H groups in total. The highest BCUT2D eigenvalue weighted by Crippen LogP contribution is 2.37. The standard InChI is InChI=1S/C22H16F5N7O3/c23-12-5-10(37-19-16(26)13(24)6-14(25)17(19)27)1-2-11(12)18-15-20(28)29-8-30-21(15)34(31-18)9-3-4-33(7-9)22(35)32-36/h1-2,5-6,8-9,36H,3-4,7H2,(H,32,35)(H2,28,29,30). The van der Waals surface area contributed by atoms with Gasteiger partial charge in [0.15, 0.2) is 17.3 Å². The number of nitrogen functional groups attached to an aromatic ring is 1. The van der Waals surface area contributed by atoms with Gasteiger partial charge in [-0.2, -0.15) is 13.9 Å². The molecular formula is C22H16F5N7O3. The first-order valence-electron chi connectivity index (χ1n) is 10.7. The summed E-state index contributed by atoms with van der Waals surface area (Å²) in [5.74, 6) is -9.70. The lowest BCUT2D eigenvalue weighted by Crippen LogP contribution is -2.36. The normalized spacial score (nSPS) is 15.4. The lowest BCUT2D eigenvalue weighted by Gasteiger charge is -2.15. The van der Waals surface area contributed by atoms with Crippen LogP contribution in [0.2, 0.25) is 0 Å². The molecule has 2 aromatic heterocycles. The highest BCUT2D eigenvalue weighted by Gasteiger charge is 2.31. The predicted octanol–water partition coefficient (Wildman–Crippen LogP) is 3.91. The van der Waals surface area contributed by atoms with Crippen LogP contribution in [0.1, 0.15) is 12.5 Å². The van der Waals surface area contributed by atoms with Gasteiger partial charge in [0.1, 0.15) is 29.4 Å². The summed E-state index contributed by atoms with van der Waals surface area (Å²) in [4.78, 5) is 21.2. The van der Waals surface area contributed by atoms with Gasteiger partial charge in [-0.05, 0) is 18.6 Å². The van der Waals surface area contributed by atoms with Gasteiger partial charge in [0.2, 0.25) is 17.4 Å². The Labute approximate surface area is 204 Å². The molecule has 192 valence electrons. The summed E-state index contributed by atoms with van der Waals surface area (Å²) in [6.45, 7) is 0.478. The van der Waals surface area contributed by atoms with Crippen LogP contribution >= 0.6 is 0 Å². The van der Waals surface area contributed by atoms with Crippen LogP contribution in [0.25, 0.3) is 22.3 Å². The summed E-state index contributed by atoms with van der Waals surface area (Å²) < 4.78 is 76.5. The maximum atomic E-state index is 15.2. The summed E-state index contributed by atoms with van der Waals surface area (Å²) in [6.07, 6.45) is 1.64. The lowest BCUT2D eigenvalue weighted by molar-refractivity contribution is 0.135. The molecule has 5 rings (SSSR count). The summed E-state index contributed by atoms with van der Waals surface area (Å²) >= 11 is 0. The van der Waals surface area contributed by atoms with E-state index in [1.165, 1.54) is 22.0 Å². The minimum atomic E-state index is -1.78. The van der Waals surface area contributed by atoms with Crippen LogP contribution in [0, 0.1) is 29.1 Å². The third-order valence-electron chi connectivity index (χ3n) is 5.90. The Morgan fingerprint density at radius 1 is 1.08 bits per heavy atom. The summed E-state index contributed by atoms with van der Waals surface area (Å²) in [5.41, 5.74) is 7.79. The Kier molecular flexibility index (Phi) is 5.99. The first-order chi connectivity index (χ1) is 17.7. The molecule has 0 aliphatic carbocycles. The Morgan fingerprint density at radius 2 is 1.81 bits per heavy atom. The largest absolute Gasteiger partial charge is 0.451 e. The molecule has 1 fully saturated rings. The molecule has 37 heavy (non-hydrogen) atoms. The number of hydrogen-bond acceptors (Lipinski definition) is 7. The van der Waals surface area contributed by atoms with Gasteiger partial charge in [0.25, 0.3) is 0 Å². The minimum absolute atomic E-state index is 0.00620. The van der Waals surface area contributed by atoms with Crippen molar-refractivity contribution >= 4 is 22.9 Å². The average molecular weight is 521 g/mol. The van der Waals surface area contributed by atoms with Crippen molar-refractivity contribution in [3.8, 4) is 22.8 Å². The number of halogens is 5. The van der Waals surface area contributed by atoms with E-state index in [0.717, 1.165) is 12.1 Å². The van der Waals surface area contributed by atoms with Gasteiger partial charge in [0.05, 0.1) is 11.4 Å². The van der Waals surface area contributed by atoms with Gasteiger partial charge in [-0.3, -0.25) is 5.21 Å². The molecule has 0 saturated carbocycles. The SMILES string of the molecule is Nc1ncnc2c1c(-c1ccc(Oc3c(F)c(F)cc(F)c3F)cc1F)nn2C1CCN(C(=O)NO)C1. The van der Waals surface area contributed by atoms with Crippen molar-refractivity contribution in [3.63, 3.8) is 0 Å². The number of ether oxygens (including phenoxy) is 1. The zero-order valence-corrected chi connectivity index (χ0v) is 18.6. The number of aromatic nitrogens is 4. The van der Waals surface area contributed by atoms with Crippen molar-refractivity contribution in [2.45, 2.75) is 12.5 Å². The molecule has 3 heterocycles. The van der Waals surface area contributed by atoms with E-state index < -0.39 is 46.6 Å². The van der Waals surface area contributed by atoms with Crippen molar-refractivity contribution in [1.29, 1.82) is 0 Å². The molecular weight excluding hydrogens is 505 g/mol. The fourth-order valence-corrected chi connectivity index (χ4v) is 4.15. The number of nitrogens with zero attached hydrogens (tertiary/aromatic N) is 5. The van der Waals surface area contributed by atoms with Crippen molar-refractivity contribution in [1.82, 2.24) is 30.1 Å². The number of hydrogen-bond donors (Lipinski definition) is 3. The molecule has 2 aromatic carbocycles. The minimum Gasteiger partial charge on any atom is -0.451 e. The van der Waals surface area contributed by atoms with E-state index in [-0.39, 0.29) is 46.8 Å². The van der Waals surface area contributed by atoms with Crippen molar-refractivity contribution in [2.75, 3.05) is 18.8 Å². The Bertz CT molecular complexity index is 1520. The van der Waals surface area contributed by atoms with Crippen molar-refractivity contribution in [2.24, 2.45) is 0 Å². The van der Waals surface area contributed by atoms with Gasteiger partial charge < -0.3 is 15.4 Å². The van der Waals surface area contributed by atoms with Gasteiger partial charge in [-0.1, -0.05) is 0 Å². The maximum absolute atomic E-state index is 15.2. The maximum Gasteiger partial charge on any atom is 0.341 e. The number of urea groups is 1. The second-order valence-electron chi connectivity index (χ2n) is 8.10. The number of carbonyl (C=O) groups is 1. The van der Waals surface area contributed by atoms with Crippen LogP contribution in [-0.4, -0.2) is 49.0 Å². The molecule has 1 unspecified atom stereocenters. The van der Waals surface area contributed by atoms with E-state index in [0.29, 0.717) is 13.0 Å². The van der Waals surface area contributed by atoms with E-state index in [1.54, 1.807) is 5.48 Å². The second-order valence-corrected chi connectivity index (χ2v) is 8.10. The molecule has 1 saturated heterocycles. The second kappa shape index (κ2) is 9.16. The molecule has 4 aromatic rings. The summed E-state index contributed by atoms with van der Waals surface area (Å²) in [5, 5.41) is 13.6. The topological polar surface area (TPSA) is 131 Å². The number of rotatable bonds is 4. The monoisotopic (exact) mass is 521 g/mol. The number of nitrogens with two attached hydrogens (primary N) is 1. The first-order valence-corrected chi connectivity index (χ1v) is 10.7. The molecule has 10 nitrogen and oxygen atoms in total. The highest BCUT2D eigenvalue weighted by atomic mass is 19.2. The Morgan fingerprint density at radius 3 is 2.49 bits per heavy atom. The number of fused-ring (bicyclic) bond motifs is 1. The summed E-state index contributed by atoms with van der Waals surface area (Å²) in [6, 6.07) is 1.99. The van der Waals surface area contributed by atoms with Crippen LogP contribution in [0.5, 0.6) is 11.5 Å². The number of nitrogens with one attached hydrogen (secondary N) is 1. The quantitative estimate of drug-likeness (QED) is 0.161. The van der Waals surface area contributed by atoms with Gasteiger partial charge in [-0.15, -0.1) is 0 Å². The molecule has 2 amide bonds. The Balaban J connectivity index is 1.54. The van der Waals surface area contributed by atoms with Gasteiger partial charge in [-0.25, -0.2) is 38.1 Å². The smallest absolute Gasteiger partial charge is 0.341 e. The van der Waals surface area contributed by atoms with E-state index in [2.05, 4.69) is 15.1 Å². The zero-order valence-electron chi connectivity index (χ0n) is 18.6. The predicted molar refractivity (Wildman–Crippen MR) is 117 cm³/mol. The molecule has 0 bridgehead atoms. The fourth-order valence-electron chi connectivity index (χ4n) is 4.15. The number of benzene rings is 2. The van der Waals surface area contributed by atoms with E-state index in [4.69, 9.17) is 15.7 Å². The van der Waals surface area contributed by atoms with Crippen molar-refractivity contribution in [3.05, 3.63) is 59.7 Å². The molecule has 0 radical (unpaired) electrons. The molecule has 1 aliphatic heterocycles. The fraction of sp³-hybridized carbons (Fsp3) is 0.182. The lowest BCUT2D eigenvalue weighted by atomic mass is 10.1. The third kappa shape index (κ3) is 4.12. The molecule has 0 spiro atoms. The van der Waals surface area contributed by atoms with Crippen molar-refractivity contribution < 1.29 is 36.7 Å². The zero-order chi connectivity index (χ0) is 26.4. The van der Waals surface area contributed by atoms with E-state index in [1.807, 2.05) is 0 Å². The van der Waals surface area contributed by atoms with Crippen LogP contribution < -0.4 is 16.0 Å². The molecule has 15 heteroatoms. The number of hydroxylamine groups is 1. The molecule has 1 atom stereocenters. The van der Waals surface area contributed by atoms with E-state index in [9.17, 15) is 22.4 Å². The van der Waals surface area contributed by atoms with Crippen LogP contribution in [0.4, 0.5) is 32.6 Å². The van der Waals surface area contributed by atoms with Crippen LogP contribution in [0.15, 0.2) is 30.6 Å².